The zero-order valence-electron chi connectivity index (χ0n) is 12.3. The van der Waals surface area contributed by atoms with E-state index in [9.17, 15) is 0 Å². The molecule has 0 atom stereocenters. The average molecular weight is 297 g/mol. The van der Waals surface area contributed by atoms with Gasteiger partial charge in [-0.15, -0.1) is 5.10 Å². The lowest BCUT2D eigenvalue weighted by Crippen LogP contribution is -2.34. The number of nitrogens with one attached hydrogen (secondary N) is 2. The second kappa shape index (κ2) is 4.97. The molecule has 9 heteroatoms. The molecular formula is C11H19N7OS. The fourth-order valence-corrected chi connectivity index (χ4v) is 1.87. The zero-order chi connectivity index (χ0) is 15.0. The number of ether oxygens (including phenoxy) is 1. The number of aromatic nitrogens is 7. The molecular weight excluding hydrogens is 278 g/mol. The first kappa shape index (κ1) is 14.6. The van der Waals surface area contributed by atoms with Crippen LogP contribution in [-0.4, -0.2) is 42.0 Å². The molecule has 0 amide bonds. The van der Waals surface area contributed by atoms with Crippen molar-refractivity contribution in [2.75, 3.05) is 6.61 Å². The van der Waals surface area contributed by atoms with Crippen LogP contribution in [0.3, 0.4) is 0 Å². The van der Waals surface area contributed by atoms with Crippen LogP contribution in [0.1, 0.15) is 40.4 Å². The van der Waals surface area contributed by atoms with Crippen LogP contribution in [0.15, 0.2) is 0 Å². The van der Waals surface area contributed by atoms with E-state index in [1.165, 1.54) is 0 Å². The Kier molecular flexibility index (Phi) is 3.63. The molecule has 0 bridgehead atoms. The van der Waals surface area contributed by atoms with Crippen molar-refractivity contribution in [1.82, 2.24) is 35.4 Å². The van der Waals surface area contributed by atoms with E-state index in [0.29, 0.717) is 17.4 Å². The van der Waals surface area contributed by atoms with Gasteiger partial charge in [-0.2, -0.15) is 10.2 Å². The Balaban J connectivity index is 2.07. The van der Waals surface area contributed by atoms with Crippen molar-refractivity contribution in [1.29, 1.82) is 0 Å². The molecule has 2 aromatic heterocycles. The van der Waals surface area contributed by atoms with Gasteiger partial charge in [-0.05, 0) is 26.1 Å². The highest BCUT2D eigenvalue weighted by Gasteiger charge is 2.25. The van der Waals surface area contributed by atoms with Gasteiger partial charge in [0.25, 0.3) is 0 Å². The number of hydrogen-bond acceptors (Lipinski definition) is 6. The molecule has 0 aliphatic rings. The topological polar surface area (TPSA) is 97.3 Å². The first-order chi connectivity index (χ1) is 9.20. The van der Waals surface area contributed by atoms with E-state index in [4.69, 9.17) is 17.0 Å². The number of rotatable bonds is 4. The lowest BCUT2D eigenvalue weighted by Gasteiger charge is -2.23. The number of tetrazole rings is 1. The van der Waals surface area contributed by atoms with E-state index >= 15 is 0 Å². The molecule has 2 rings (SSSR count). The van der Waals surface area contributed by atoms with Crippen molar-refractivity contribution in [3.8, 4) is 6.01 Å². The summed E-state index contributed by atoms with van der Waals surface area (Å²) in [5.74, 6) is 0.783. The maximum atomic E-state index is 5.63. The molecule has 0 saturated carbocycles. The van der Waals surface area contributed by atoms with Gasteiger partial charge in [0, 0.05) is 5.41 Å². The summed E-state index contributed by atoms with van der Waals surface area (Å²) in [5.41, 5.74) is -0.525. The molecule has 0 spiro atoms. The third-order valence-corrected chi connectivity index (χ3v) is 3.07. The van der Waals surface area contributed by atoms with Gasteiger partial charge in [-0.1, -0.05) is 31.1 Å². The monoisotopic (exact) mass is 297 g/mol. The van der Waals surface area contributed by atoms with E-state index in [1.807, 2.05) is 13.8 Å². The third kappa shape index (κ3) is 3.03. The molecule has 0 fully saturated rings. The SMILES string of the molecule is CC(C)(C)c1nc(OCC(C)(C)n2[nH]nnc2=S)n[nH]1. The third-order valence-electron chi connectivity index (χ3n) is 2.81. The molecule has 0 saturated heterocycles. The first-order valence-electron chi connectivity index (χ1n) is 6.26. The van der Waals surface area contributed by atoms with Crippen LogP contribution in [0.5, 0.6) is 6.01 Å². The van der Waals surface area contributed by atoms with Gasteiger partial charge in [0.2, 0.25) is 4.77 Å². The minimum atomic E-state index is -0.427. The van der Waals surface area contributed by atoms with E-state index in [-0.39, 0.29) is 5.41 Å². The molecule has 110 valence electrons. The maximum Gasteiger partial charge on any atom is 0.335 e. The summed E-state index contributed by atoms with van der Waals surface area (Å²) in [7, 11) is 0. The van der Waals surface area contributed by atoms with Crippen molar-refractivity contribution < 1.29 is 4.74 Å². The fraction of sp³-hybridized carbons (Fsp3) is 0.727. The standard InChI is InChI=1S/C11H19N7OS/c1-10(2,3)7-12-8(14-13-7)19-6-11(4,5)18-9(20)15-16-17-18/h6H2,1-5H3,(H,12,13,14)(H,15,17,20). The Morgan fingerprint density at radius 3 is 2.45 bits per heavy atom. The van der Waals surface area contributed by atoms with Crippen molar-refractivity contribution in [2.24, 2.45) is 0 Å². The molecule has 0 aliphatic carbocycles. The predicted molar refractivity (Wildman–Crippen MR) is 75.1 cm³/mol. The number of H-pyrrole nitrogens is 2. The molecule has 20 heavy (non-hydrogen) atoms. The average Bonchev–Trinajstić information content (AvgIpc) is 2.94. The fourth-order valence-electron chi connectivity index (χ4n) is 1.54. The van der Waals surface area contributed by atoms with Crippen LogP contribution in [0, 0.1) is 4.77 Å². The van der Waals surface area contributed by atoms with E-state index in [2.05, 4.69) is 51.5 Å². The first-order valence-corrected chi connectivity index (χ1v) is 6.67. The van der Waals surface area contributed by atoms with Gasteiger partial charge in [0.1, 0.15) is 12.4 Å². The van der Waals surface area contributed by atoms with Crippen LogP contribution in [0.4, 0.5) is 0 Å². The Hall–Kier alpha value is -1.77. The highest BCUT2D eigenvalue weighted by atomic mass is 32.1. The summed E-state index contributed by atoms with van der Waals surface area (Å²) < 4.78 is 7.67. The van der Waals surface area contributed by atoms with E-state index < -0.39 is 5.54 Å². The van der Waals surface area contributed by atoms with Crippen LogP contribution in [0.2, 0.25) is 0 Å². The summed E-state index contributed by atoms with van der Waals surface area (Å²) >= 11 is 5.08. The van der Waals surface area contributed by atoms with Gasteiger partial charge in [-0.3, -0.25) is 5.10 Å². The van der Waals surface area contributed by atoms with Gasteiger partial charge < -0.3 is 4.74 Å². The molecule has 8 nitrogen and oxygen atoms in total. The quantitative estimate of drug-likeness (QED) is 0.831. The second-order valence-electron chi connectivity index (χ2n) is 6.24. The van der Waals surface area contributed by atoms with Gasteiger partial charge in [-0.25, -0.2) is 4.68 Å². The van der Waals surface area contributed by atoms with Crippen molar-refractivity contribution in [2.45, 2.75) is 45.6 Å². The molecule has 0 radical (unpaired) electrons. The normalized spacial score (nSPS) is 12.7. The molecule has 0 aromatic carbocycles. The van der Waals surface area contributed by atoms with Gasteiger partial charge >= 0.3 is 6.01 Å². The number of aromatic amines is 2. The van der Waals surface area contributed by atoms with Crippen LogP contribution >= 0.6 is 12.2 Å². The molecule has 0 unspecified atom stereocenters. The van der Waals surface area contributed by atoms with E-state index in [0.717, 1.165) is 5.82 Å². The molecule has 2 aromatic rings. The molecule has 0 aliphatic heterocycles. The summed E-state index contributed by atoms with van der Waals surface area (Å²) in [6.45, 7) is 10.4. The van der Waals surface area contributed by atoms with Gasteiger partial charge in [0.05, 0.1) is 5.54 Å². The Bertz CT molecular complexity index is 633. The van der Waals surface area contributed by atoms with Gasteiger partial charge in [0.15, 0.2) is 0 Å². The molecule has 2 heterocycles. The summed E-state index contributed by atoms with van der Waals surface area (Å²) in [4.78, 5) is 4.32. The summed E-state index contributed by atoms with van der Waals surface area (Å²) in [6, 6.07) is 0.321. The second-order valence-corrected chi connectivity index (χ2v) is 6.60. The number of hydrogen-bond donors (Lipinski definition) is 2. The van der Waals surface area contributed by atoms with Crippen molar-refractivity contribution in [3.63, 3.8) is 0 Å². The Labute approximate surface area is 121 Å². The number of nitrogens with zero attached hydrogens (tertiary/aromatic N) is 5. The maximum absolute atomic E-state index is 5.63. The predicted octanol–water partition coefficient (Wildman–Crippen LogP) is 1.57. The highest BCUT2D eigenvalue weighted by Crippen LogP contribution is 2.20. The van der Waals surface area contributed by atoms with Crippen LogP contribution in [-0.2, 0) is 11.0 Å². The Morgan fingerprint density at radius 1 is 1.25 bits per heavy atom. The van der Waals surface area contributed by atoms with Crippen molar-refractivity contribution in [3.05, 3.63) is 10.6 Å². The summed E-state index contributed by atoms with van der Waals surface area (Å²) in [5, 5.41) is 17.1. The smallest absolute Gasteiger partial charge is 0.335 e. The lowest BCUT2D eigenvalue weighted by molar-refractivity contribution is 0.157. The van der Waals surface area contributed by atoms with E-state index in [1.54, 1.807) is 4.68 Å². The minimum Gasteiger partial charge on any atom is -0.460 e. The minimum absolute atomic E-state index is 0.0973. The molecule has 2 N–H and O–H groups in total. The lowest BCUT2D eigenvalue weighted by atomic mass is 9.96. The Morgan fingerprint density at radius 2 is 1.95 bits per heavy atom. The van der Waals surface area contributed by atoms with Crippen LogP contribution < -0.4 is 4.74 Å². The van der Waals surface area contributed by atoms with Crippen molar-refractivity contribution >= 4 is 12.2 Å². The largest absolute Gasteiger partial charge is 0.460 e. The summed E-state index contributed by atoms with van der Waals surface area (Å²) in [6.07, 6.45) is 0. The highest BCUT2D eigenvalue weighted by molar-refractivity contribution is 7.71. The zero-order valence-corrected chi connectivity index (χ0v) is 13.1. The van der Waals surface area contributed by atoms with Crippen LogP contribution in [0.25, 0.3) is 0 Å².